The average molecular weight is 232 g/mol. The first-order chi connectivity index (χ1) is 7.77. The molecule has 4 nitrogen and oxygen atoms in total. The summed E-state index contributed by atoms with van der Waals surface area (Å²) < 4.78 is 0. The highest BCUT2D eigenvalue weighted by Gasteiger charge is 2.09. The van der Waals surface area contributed by atoms with Crippen LogP contribution in [0.25, 0.3) is 0 Å². The van der Waals surface area contributed by atoms with Gasteiger partial charge in [-0.1, -0.05) is 6.07 Å². The van der Waals surface area contributed by atoms with Gasteiger partial charge in [-0.2, -0.15) is 0 Å². The Balaban J connectivity index is 2.28. The fourth-order valence-electron chi connectivity index (χ4n) is 1.27. The van der Waals surface area contributed by atoms with Crippen LogP contribution in [0.1, 0.15) is 18.5 Å². The molecule has 0 spiro atoms. The van der Waals surface area contributed by atoms with Crippen LogP contribution in [0.15, 0.2) is 47.0 Å². The van der Waals surface area contributed by atoms with Gasteiger partial charge in [0, 0.05) is 24.0 Å². The standard InChI is InChI=1S/C11H12N4S/c1-8(12)9-3-2-5-14-11(9)16-10-4-6-13-7-15-10/h2-8H,12H2,1H3. The SMILES string of the molecule is CC(N)c1cccnc1Sc1ccncn1. The van der Waals surface area contributed by atoms with Crippen molar-refractivity contribution < 1.29 is 0 Å². The number of aromatic nitrogens is 3. The summed E-state index contributed by atoms with van der Waals surface area (Å²) in [4.78, 5) is 12.3. The van der Waals surface area contributed by atoms with E-state index in [4.69, 9.17) is 5.73 Å². The third-order valence-electron chi connectivity index (χ3n) is 2.05. The fraction of sp³-hybridized carbons (Fsp3) is 0.182. The molecular weight excluding hydrogens is 220 g/mol. The fourth-order valence-corrected chi connectivity index (χ4v) is 2.19. The van der Waals surface area contributed by atoms with Crippen molar-refractivity contribution in [1.82, 2.24) is 15.0 Å². The maximum atomic E-state index is 5.88. The van der Waals surface area contributed by atoms with Gasteiger partial charge in [0.2, 0.25) is 0 Å². The van der Waals surface area contributed by atoms with Crippen molar-refractivity contribution in [3.8, 4) is 0 Å². The summed E-state index contributed by atoms with van der Waals surface area (Å²) >= 11 is 1.50. The van der Waals surface area contributed by atoms with Crippen molar-refractivity contribution in [3.63, 3.8) is 0 Å². The Bertz CT molecular complexity index is 459. The van der Waals surface area contributed by atoms with E-state index in [0.29, 0.717) is 0 Å². The second-order valence-corrected chi connectivity index (χ2v) is 4.35. The number of pyridine rings is 1. The van der Waals surface area contributed by atoms with Crippen LogP contribution in [0.5, 0.6) is 0 Å². The number of nitrogens with zero attached hydrogens (tertiary/aromatic N) is 3. The summed E-state index contributed by atoms with van der Waals surface area (Å²) in [5.74, 6) is 0. The molecule has 2 rings (SSSR count). The zero-order valence-corrected chi connectivity index (χ0v) is 9.69. The summed E-state index contributed by atoms with van der Waals surface area (Å²) in [5, 5.41) is 1.77. The van der Waals surface area contributed by atoms with Gasteiger partial charge in [0.05, 0.1) is 0 Å². The van der Waals surface area contributed by atoms with Crippen molar-refractivity contribution in [1.29, 1.82) is 0 Å². The first-order valence-electron chi connectivity index (χ1n) is 4.91. The quantitative estimate of drug-likeness (QED) is 0.820. The van der Waals surface area contributed by atoms with Gasteiger partial charge in [-0.05, 0) is 30.8 Å². The van der Waals surface area contributed by atoms with E-state index in [1.54, 1.807) is 12.4 Å². The van der Waals surface area contributed by atoms with Crippen molar-refractivity contribution in [3.05, 3.63) is 42.5 Å². The third kappa shape index (κ3) is 2.56. The molecule has 0 saturated carbocycles. The molecule has 0 aromatic carbocycles. The first-order valence-corrected chi connectivity index (χ1v) is 5.73. The molecule has 2 aromatic heterocycles. The Morgan fingerprint density at radius 2 is 2.12 bits per heavy atom. The molecular formula is C11H12N4S. The minimum atomic E-state index is -0.0296. The van der Waals surface area contributed by atoms with E-state index in [1.807, 2.05) is 25.1 Å². The van der Waals surface area contributed by atoms with Gasteiger partial charge < -0.3 is 5.73 Å². The van der Waals surface area contributed by atoms with E-state index in [2.05, 4.69) is 15.0 Å². The molecule has 0 aliphatic carbocycles. The molecule has 0 amide bonds. The molecule has 0 radical (unpaired) electrons. The van der Waals surface area contributed by atoms with Crippen LogP contribution in [0.4, 0.5) is 0 Å². The van der Waals surface area contributed by atoms with Crippen molar-refractivity contribution >= 4 is 11.8 Å². The minimum absolute atomic E-state index is 0.0296. The first kappa shape index (κ1) is 11.0. The lowest BCUT2D eigenvalue weighted by molar-refractivity contribution is 0.779. The lowest BCUT2D eigenvalue weighted by Gasteiger charge is -2.09. The summed E-state index contributed by atoms with van der Waals surface area (Å²) in [5.41, 5.74) is 6.92. The summed E-state index contributed by atoms with van der Waals surface area (Å²) in [6.07, 6.45) is 5.00. The monoisotopic (exact) mass is 232 g/mol. The predicted molar refractivity (Wildman–Crippen MR) is 63.0 cm³/mol. The second-order valence-electron chi connectivity index (χ2n) is 3.34. The highest BCUT2D eigenvalue weighted by molar-refractivity contribution is 7.99. The maximum Gasteiger partial charge on any atom is 0.116 e. The molecule has 0 fully saturated rings. The van der Waals surface area contributed by atoms with Crippen LogP contribution in [0, 0.1) is 0 Å². The topological polar surface area (TPSA) is 64.7 Å². The molecule has 0 aliphatic heterocycles. The maximum absolute atomic E-state index is 5.88. The molecule has 1 unspecified atom stereocenters. The Morgan fingerprint density at radius 1 is 1.25 bits per heavy atom. The lowest BCUT2D eigenvalue weighted by Crippen LogP contribution is -2.07. The molecule has 16 heavy (non-hydrogen) atoms. The zero-order chi connectivity index (χ0) is 11.4. The largest absolute Gasteiger partial charge is 0.324 e. The highest BCUT2D eigenvalue weighted by Crippen LogP contribution is 2.28. The molecule has 82 valence electrons. The van der Waals surface area contributed by atoms with Crippen LogP contribution in [0.3, 0.4) is 0 Å². The molecule has 0 bridgehead atoms. The van der Waals surface area contributed by atoms with E-state index >= 15 is 0 Å². The lowest BCUT2D eigenvalue weighted by atomic mass is 10.2. The predicted octanol–water partition coefficient (Wildman–Crippen LogP) is 2.04. The van der Waals surface area contributed by atoms with Crippen LogP contribution in [-0.2, 0) is 0 Å². The Morgan fingerprint density at radius 3 is 2.81 bits per heavy atom. The zero-order valence-electron chi connectivity index (χ0n) is 8.87. The minimum Gasteiger partial charge on any atom is -0.324 e. The number of hydrogen-bond donors (Lipinski definition) is 1. The van der Waals surface area contributed by atoms with Crippen molar-refractivity contribution in [2.24, 2.45) is 5.73 Å². The summed E-state index contributed by atoms with van der Waals surface area (Å²) in [6.45, 7) is 1.95. The number of rotatable bonds is 3. The van der Waals surface area contributed by atoms with Gasteiger partial charge in [-0.3, -0.25) is 0 Å². The smallest absolute Gasteiger partial charge is 0.116 e. The van der Waals surface area contributed by atoms with Crippen molar-refractivity contribution in [2.75, 3.05) is 0 Å². The second kappa shape index (κ2) is 5.05. The van der Waals surface area contributed by atoms with E-state index in [0.717, 1.165) is 15.6 Å². The summed E-state index contributed by atoms with van der Waals surface area (Å²) in [7, 11) is 0. The van der Waals surface area contributed by atoms with Crippen LogP contribution in [0.2, 0.25) is 0 Å². The number of nitrogens with two attached hydrogens (primary N) is 1. The molecule has 1 atom stereocenters. The molecule has 0 saturated heterocycles. The van der Waals surface area contributed by atoms with Gasteiger partial charge >= 0.3 is 0 Å². The van der Waals surface area contributed by atoms with Gasteiger partial charge in [0.1, 0.15) is 16.4 Å². The Labute approximate surface area is 98.3 Å². The molecule has 2 aromatic rings. The van der Waals surface area contributed by atoms with Gasteiger partial charge in [0.25, 0.3) is 0 Å². The third-order valence-corrected chi connectivity index (χ3v) is 3.03. The molecule has 2 heterocycles. The Kier molecular flexibility index (Phi) is 3.48. The van der Waals surface area contributed by atoms with E-state index < -0.39 is 0 Å². The highest BCUT2D eigenvalue weighted by atomic mass is 32.2. The van der Waals surface area contributed by atoms with Crippen molar-refractivity contribution in [2.45, 2.75) is 23.0 Å². The van der Waals surface area contributed by atoms with Gasteiger partial charge in [-0.15, -0.1) is 0 Å². The molecule has 2 N–H and O–H groups in total. The Hall–Kier alpha value is -1.46. The number of hydrogen-bond acceptors (Lipinski definition) is 5. The van der Waals surface area contributed by atoms with Gasteiger partial charge in [-0.25, -0.2) is 15.0 Å². The van der Waals surface area contributed by atoms with Crippen LogP contribution in [-0.4, -0.2) is 15.0 Å². The summed E-state index contributed by atoms with van der Waals surface area (Å²) in [6, 6.07) is 5.70. The molecule has 5 heteroatoms. The molecule has 0 aliphatic rings. The van der Waals surface area contributed by atoms with Crippen LogP contribution < -0.4 is 5.73 Å². The normalized spacial score (nSPS) is 12.4. The average Bonchev–Trinajstić information content (AvgIpc) is 2.31. The van der Waals surface area contributed by atoms with E-state index in [-0.39, 0.29) is 6.04 Å². The van der Waals surface area contributed by atoms with Gasteiger partial charge in [0.15, 0.2) is 0 Å². The van der Waals surface area contributed by atoms with E-state index in [1.165, 1.54) is 18.1 Å². The van der Waals surface area contributed by atoms with E-state index in [9.17, 15) is 0 Å². The van der Waals surface area contributed by atoms with Crippen LogP contribution >= 0.6 is 11.8 Å².